The van der Waals surface area contributed by atoms with Crippen LogP contribution in [0.5, 0.6) is 0 Å². The molecule has 18 heavy (non-hydrogen) atoms. The van der Waals surface area contributed by atoms with Crippen LogP contribution >= 0.6 is 0 Å². The predicted molar refractivity (Wildman–Crippen MR) is 70.8 cm³/mol. The van der Waals surface area contributed by atoms with Crippen LogP contribution in [-0.2, 0) is 6.54 Å². The van der Waals surface area contributed by atoms with E-state index in [9.17, 15) is 4.79 Å². The van der Waals surface area contributed by atoms with Gasteiger partial charge in [0.25, 0.3) is 5.56 Å². The van der Waals surface area contributed by atoms with Crippen LogP contribution < -0.4 is 5.56 Å². The second kappa shape index (κ2) is 3.95. The van der Waals surface area contributed by atoms with E-state index in [0.29, 0.717) is 11.8 Å². The summed E-state index contributed by atoms with van der Waals surface area (Å²) < 4.78 is 2.05. The first kappa shape index (κ1) is 10.8. The Bertz CT molecular complexity index is 521. The summed E-state index contributed by atoms with van der Waals surface area (Å²) in [6, 6.07) is 6.54. The van der Waals surface area contributed by atoms with E-state index in [0.717, 1.165) is 12.6 Å². The highest BCUT2D eigenvalue weighted by molar-refractivity contribution is 5.18. The van der Waals surface area contributed by atoms with Gasteiger partial charge in [0.2, 0.25) is 0 Å². The molecule has 4 rings (SSSR count). The predicted octanol–water partition coefficient (Wildman–Crippen LogP) is 1.82. The third-order valence-corrected chi connectivity index (χ3v) is 5.17. The molecule has 0 spiro atoms. The first-order valence-corrected chi connectivity index (χ1v) is 7.27. The first-order valence-electron chi connectivity index (χ1n) is 7.27. The Labute approximate surface area is 107 Å². The number of pyridine rings is 1. The van der Waals surface area contributed by atoms with Crippen LogP contribution in [0.1, 0.15) is 37.3 Å². The average Bonchev–Trinajstić information content (AvgIpc) is 2.40. The second-order valence-corrected chi connectivity index (χ2v) is 6.15. The Morgan fingerprint density at radius 3 is 3.06 bits per heavy atom. The summed E-state index contributed by atoms with van der Waals surface area (Å²) >= 11 is 0. The standard InChI is InChI=1S/C15H20N2O/c18-15-6-3-5-14-11-8-12(10-17(14)15)13-4-1-2-7-16(13)9-11/h3,5-6,11-13H,1-2,4,7-10H2/t11-,12-,13?/m0/s1. The lowest BCUT2D eigenvalue weighted by molar-refractivity contribution is 0.0248. The third-order valence-electron chi connectivity index (χ3n) is 5.17. The number of nitrogens with zero attached hydrogens (tertiary/aromatic N) is 2. The maximum atomic E-state index is 12.0. The van der Waals surface area contributed by atoms with Crippen LogP contribution in [0, 0.1) is 5.92 Å². The summed E-state index contributed by atoms with van der Waals surface area (Å²) in [6.45, 7) is 3.39. The zero-order valence-corrected chi connectivity index (χ0v) is 10.7. The van der Waals surface area contributed by atoms with Crippen molar-refractivity contribution in [3.8, 4) is 0 Å². The molecule has 3 nitrogen and oxygen atoms in total. The van der Waals surface area contributed by atoms with Crippen molar-refractivity contribution in [3.63, 3.8) is 0 Å². The van der Waals surface area contributed by atoms with E-state index in [1.165, 1.54) is 44.5 Å². The van der Waals surface area contributed by atoms with Crippen molar-refractivity contribution in [2.75, 3.05) is 13.1 Å². The normalized spacial score (nSPS) is 34.8. The number of aromatic nitrogens is 1. The van der Waals surface area contributed by atoms with Gasteiger partial charge in [-0.3, -0.25) is 9.69 Å². The summed E-state index contributed by atoms with van der Waals surface area (Å²) in [5, 5.41) is 0. The number of piperidine rings is 2. The average molecular weight is 244 g/mol. The summed E-state index contributed by atoms with van der Waals surface area (Å²) in [4.78, 5) is 14.7. The van der Waals surface area contributed by atoms with Crippen molar-refractivity contribution >= 4 is 0 Å². The highest BCUT2D eigenvalue weighted by atomic mass is 16.1. The minimum atomic E-state index is 0.200. The van der Waals surface area contributed by atoms with Gasteiger partial charge < -0.3 is 4.57 Å². The van der Waals surface area contributed by atoms with Crippen LogP contribution in [0.3, 0.4) is 0 Å². The van der Waals surface area contributed by atoms with Gasteiger partial charge in [-0.2, -0.15) is 0 Å². The fourth-order valence-corrected chi connectivity index (χ4v) is 4.39. The SMILES string of the molecule is O=c1cccc2n1C[C@@H]1C[C@H]2CN2CCCCC12. The Balaban J connectivity index is 1.76. The van der Waals surface area contributed by atoms with Gasteiger partial charge in [-0.15, -0.1) is 0 Å². The van der Waals surface area contributed by atoms with Gasteiger partial charge in [0.05, 0.1) is 0 Å². The fraction of sp³-hybridized carbons (Fsp3) is 0.667. The van der Waals surface area contributed by atoms with Crippen molar-refractivity contribution in [3.05, 3.63) is 34.2 Å². The molecule has 0 aliphatic carbocycles. The molecule has 0 aromatic carbocycles. The molecule has 3 aliphatic rings. The lowest BCUT2D eigenvalue weighted by Crippen LogP contribution is -2.54. The molecule has 1 unspecified atom stereocenters. The maximum Gasteiger partial charge on any atom is 0.250 e. The number of fused-ring (bicyclic) bond motifs is 6. The van der Waals surface area contributed by atoms with Crippen molar-refractivity contribution < 1.29 is 0 Å². The molecule has 0 radical (unpaired) electrons. The molecule has 0 amide bonds. The molecule has 2 saturated heterocycles. The monoisotopic (exact) mass is 244 g/mol. The van der Waals surface area contributed by atoms with Gasteiger partial charge >= 0.3 is 0 Å². The quantitative estimate of drug-likeness (QED) is 0.695. The third kappa shape index (κ3) is 1.50. The van der Waals surface area contributed by atoms with Crippen molar-refractivity contribution in [1.29, 1.82) is 0 Å². The van der Waals surface area contributed by atoms with Crippen LogP contribution in [0.25, 0.3) is 0 Å². The van der Waals surface area contributed by atoms with E-state index in [1.807, 2.05) is 10.6 Å². The van der Waals surface area contributed by atoms with Crippen LogP contribution in [0.4, 0.5) is 0 Å². The highest BCUT2D eigenvalue weighted by Crippen LogP contribution is 2.41. The lowest BCUT2D eigenvalue weighted by Gasteiger charge is -2.50. The van der Waals surface area contributed by atoms with Crippen molar-refractivity contribution in [1.82, 2.24) is 9.47 Å². The molecule has 3 atom stereocenters. The molecule has 2 fully saturated rings. The van der Waals surface area contributed by atoms with E-state index >= 15 is 0 Å². The van der Waals surface area contributed by atoms with Gasteiger partial charge in [0.15, 0.2) is 0 Å². The summed E-state index contributed by atoms with van der Waals surface area (Å²) in [7, 11) is 0. The van der Waals surface area contributed by atoms with E-state index in [-0.39, 0.29) is 5.56 Å². The molecular weight excluding hydrogens is 224 g/mol. The molecule has 4 heterocycles. The minimum Gasteiger partial charge on any atom is -0.312 e. The van der Waals surface area contributed by atoms with E-state index in [2.05, 4.69) is 11.0 Å². The smallest absolute Gasteiger partial charge is 0.250 e. The minimum absolute atomic E-state index is 0.200. The van der Waals surface area contributed by atoms with E-state index in [1.54, 1.807) is 6.07 Å². The number of rotatable bonds is 0. The van der Waals surface area contributed by atoms with Gasteiger partial charge in [-0.1, -0.05) is 12.5 Å². The molecule has 3 heteroatoms. The molecule has 0 N–H and O–H groups in total. The first-order chi connectivity index (χ1) is 8.83. The van der Waals surface area contributed by atoms with Gasteiger partial charge in [-0.05, 0) is 37.8 Å². The Kier molecular flexibility index (Phi) is 2.37. The largest absolute Gasteiger partial charge is 0.312 e. The summed E-state index contributed by atoms with van der Waals surface area (Å²) in [5.41, 5.74) is 1.48. The zero-order chi connectivity index (χ0) is 12.1. The van der Waals surface area contributed by atoms with Gasteiger partial charge in [0.1, 0.15) is 0 Å². The van der Waals surface area contributed by atoms with E-state index < -0.39 is 0 Å². The Morgan fingerprint density at radius 1 is 1.17 bits per heavy atom. The van der Waals surface area contributed by atoms with E-state index in [4.69, 9.17) is 0 Å². The lowest BCUT2D eigenvalue weighted by atomic mass is 9.75. The number of hydrogen-bond acceptors (Lipinski definition) is 2. The topological polar surface area (TPSA) is 25.2 Å². The van der Waals surface area contributed by atoms with Crippen LogP contribution in [0.15, 0.2) is 23.0 Å². The Morgan fingerprint density at radius 2 is 2.11 bits per heavy atom. The molecular formula is C15H20N2O. The zero-order valence-electron chi connectivity index (χ0n) is 10.7. The van der Waals surface area contributed by atoms with Gasteiger partial charge in [0, 0.05) is 36.8 Å². The Hall–Kier alpha value is -1.09. The number of hydrogen-bond donors (Lipinski definition) is 0. The van der Waals surface area contributed by atoms with Crippen molar-refractivity contribution in [2.45, 2.75) is 44.2 Å². The molecule has 1 aromatic rings. The van der Waals surface area contributed by atoms with Crippen LogP contribution in [-0.4, -0.2) is 28.6 Å². The fourth-order valence-electron chi connectivity index (χ4n) is 4.39. The molecule has 2 bridgehead atoms. The highest BCUT2D eigenvalue weighted by Gasteiger charge is 2.41. The summed E-state index contributed by atoms with van der Waals surface area (Å²) in [6.07, 6.45) is 5.37. The molecule has 1 aromatic heterocycles. The van der Waals surface area contributed by atoms with Crippen molar-refractivity contribution in [2.24, 2.45) is 5.92 Å². The molecule has 96 valence electrons. The van der Waals surface area contributed by atoms with Crippen LogP contribution in [0.2, 0.25) is 0 Å². The maximum absolute atomic E-state index is 12.0. The second-order valence-electron chi connectivity index (χ2n) is 6.15. The van der Waals surface area contributed by atoms with Gasteiger partial charge in [-0.25, -0.2) is 0 Å². The molecule has 3 aliphatic heterocycles. The molecule has 0 saturated carbocycles. The summed E-state index contributed by atoms with van der Waals surface area (Å²) in [5.74, 6) is 1.30.